The van der Waals surface area contributed by atoms with E-state index in [1.54, 1.807) is 13.2 Å². The van der Waals surface area contributed by atoms with Crippen LogP contribution in [0.3, 0.4) is 0 Å². The molecule has 27 heavy (non-hydrogen) atoms. The van der Waals surface area contributed by atoms with Crippen LogP contribution >= 0.6 is 12.4 Å². The number of aromatic hydroxyl groups is 1. The zero-order valence-electron chi connectivity index (χ0n) is 16.7. The van der Waals surface area contributed by atoms with Crippen LogP contribution in [0, 0.1) is 11.8 Å². The molecule has 1 N–H and O–H groups in total. The van der Waals surface area contributed by atoms with Crippen molar-refractivity contribution < 1.29 is 14.6 Å². The maximum Gasteiger partial charge on any atom is 0.122 e. The molecule has 2 aliphatic heterocycles. The van der Waals surface area contributed by atoms with Crippen LogP contribution in [0.4, 0.5) is 0 Å². The molecule has 0 aromatic heterocycles. The predicted octanol–water partition coefficient (Wildman–Crippen LogP) is 3.92. The number of hydrogen-bond donors (Lipinski definition) is 1. The minimum absolute atomic E-state index is 0. The van der Waals surface area contributed by atoms with Crippen LogP contribution in [0.5, 0.6) is 11.5 Å². The van der Waals surface area contributed by atoms with E-state index >= 15 is 0 Å². The third kappa shape index (κ3) is 3.04. The number of likely N-dealkylation sites (tertiary alicyclic amines) is 1. The Morgan fingerprint density at radius 1 is 1.30 bits per heavy atom. The monoisotopic (exact) mass is 393 g/mol. The van der Waals surface area contributed by atoms with Gasteiger partial charge in [0.1, 0.15) is 11.5 Å². The molecule has 2 bridgehead atoms. The lowest BCUT2D eigenvalue weighted by Crippen LogP contribution is -2.65. The van der Waals surface area contributed by atoms with Crippen molar-refractivity contribution in [3.63, 3.8) is 0 Å². The molecule has 5 heteroatoms. The fourth-order valence-electron chi connectivity index (χ4n) is 5.90. The Morgan fingerprint density at radius 3 is 2.78 bits per heavy atom. The molecule has 0 radical (unpaired) electrons. The van der Waals surface area contributed by atoms with E-state index in [9.17, 15) is 5.11 Å². The Kier molecular flexibility index (Phi) is 4.68. The second-order valence-corrected chi connectivity index (χ2v) is 9.65. The third-order valence-electron chi connectivity index (χ3n) is 7.50. The first-order valence-corrected chi connectivity index (χ1v) is 10.2. The first kappa shape index (κ1) is 19.4. The maximum absolute atomic E-state index is 10.8. The van der Waals surface area contributed by atoms with Crippen molar-refractivity contribution >= 4 is 12.4 Å². The molecule has 0 unspecified atom stereocenters. The van der Waals surface area contributed by atoms with E-state index in [0.717, 1.165) is 49.6 Å². The molecule has 1 aromatic rings. The Morgan fingerprint density at radius 2 is 2.07 bits per heavy atom. The van der Waals surface area contributed by atoms with Gasteiger partial charge in [0.2, 0.25) is 0 Å². The number of ether oxygens (including phenoxy) is 2. The Hall–Kier alpha value is -0.970. The van der Waals surface area contributed by atoms with Gasteiger partial charge in [-0.2, -0.15) is 0 Å². The lowest BCUT2D eigenvalue weighted by Gasteiger charge is -2.61. The number of benzene rings is 1. The minimum Gasteiger partial charge on any atom is -0.508 e. The summed E-state index contributed by atoms with van der Waals surface area (Å²) in [5.74, 6) is 2.66. The number of phenols is 1. The van der Waals surface area contributed by atoms with Crippen molar-refractivity contribution in [1.29, 1.82) is 0 Å². The van der Waals surface area contributed by atoms with E-state index in [4.69, 9.17) is 9.47 Å². The highest BCUT2D eigenvalue weighted by molar-refractivity contribution is 5.85. The highest BCUT2D eigenvalue weighted by Crippen LogP contribution is 2.57. The average Bonchev–Trinajstić information content (AvgIpc) is 3.41. The molecule has 1 saturated carbocycles. The number of rotatable bonds is 3. The third-order valence-corrected chi connectivity index (χ3v) is 7.50. The quantitative estimate of drug-likeness (QED) is 0.845. The fraction of sp³-hybridized carbons (Fsp3) is 0.727. The van der Waals surface area contributed by atoms with E-state index < -0.39 is 0 Å². The van der Waals surface area contributed by atoms with Gasteiger partial charge in [0.15, 0.2) is 0 Å². The van der Waals surface area contributed by atoms with Crippen LogP contribution < -0.4 is 4.74 Å². The number of nitrogens with zero attached hydrogens (tertiary/aromatic N) is 1. The van der Waals surface area contributed by atoms with Crippen LogP contribution in [-0.4, -0.2) is 48.5 Å². The van der Waals surface area contributed by atoms with Gasteiger partial charge in [-0.15, -0.1) is 12.4 Å². The van der Waals surface area contributed by atoms with Crippen molar-refractivity contribution in [1.82, 2.24) is 4.90 Å². The largest absolute Gasteiger partial charge is 0.508 e. The molecule has 2 heterocycles. The summed E-state index contributed by atoms with van der Waals surface area (Å²) in [6.45, 7) is 7.63. The van der Waals surface area contributed by atoms with E-state index in [2.05, 4.69) is 24.8 Å². The first-order chi connectivity index (χ1) is 12.4. The predicted molar refractivity (Wildman–Crippen MR) is 108 cm³/mol. The van der Waals surface area contributed by atoms with Crippen LogP contribution in [0.15, 0.2) is 12.1 Å². The number of methoxy groups -OCH3 is 1. The van der Waals surface area contributed by atoms with E-state index in [-0.39, 0.29) is 23.4 Å². The Bertz CT molecular complexity index is 733. The summed E-state index contributed by atoms with van der Waals surface area (Å²) in [6.07, 6.45) is 5.96. The van der Waals surface area contributed by atoms with Crippen molar-refractivity contribution in [3.8, 4) is 11.5 Å². The van der Waals surface area contributed by atoms with E-state index in [1.807, 2.05) is 0 Å². The number of fused-ring (bicyclic) bond motifs is 1. The van der Waals surface area contributed by atoms with Gasteiger partial charge >= 0.3 is 0 Å². The molecule has 3 fully saturated rings. The van der Waals surface area contributed by atoms with Gasteiger partial charge in [-0.1, -0.05) is 0 Å². The highest BCUT2D eigenvalue weighted by Gasteiger charge is 2.58. The summed E-state index contributed by atoms with van der Waals surface area (Å²) in [4.78, 5) is 2.74. The van der Waals surface area contributed by atoms with Crippen molar-refractivity contribution in [3.05, 3.63) is 23.3 Å². The molecule has 2 aliphatic carbocycles. The molecule has 1 aromatic carbocycles. The molecule has 2 saturated heterocycles. The molecule has 0 amide bonds. The molecule has 5 rings (SSSR count). The molecular formula is C22H32ClNO3. The summed E-state index contributed by atoms with van der Waals surface area (Å²) in [5.41, 5.74) is 2.39. The summed E-state index contributed by atoms with van der Waals surface area (Å²) < 4.78 is 11.9. The van der Waals surface area contributed by atoms with Gasteiger partial charge in [0, 0.05) is 24.1 Å². The summed E-state index contributed by atoms with van der Waals surface area (Å²) >= 11 is 0. The first-order valence-electron chi connectivity index (χ1n) is 10.2. The topological polar surface area (TPSA) is 41.9 Å². The van der Waals surface area contributed by atoms with Gasteiger partial charge in [-0.25, -0.2) is 0 Å². The van der Waals surface area contributed by atoms with Crippen LogP contribution in [0.1, 0.15) is 50.7 Å². The van der Waals surface area contributed by atoms with Crippen molar-refractivity contribution in [2.24, 2.45) is 11.8 Å². The van der Waals surface area contributed by atoms with Gasteiger partial charge in [-0.3, -0.25) is 4.90 Å². The second kappa shape index (κ2) is 6.53. The van der Waals surface area contributed by atoms with Crippen LogP contribution in [-0.2, 0) is 16.6 Å². The van der Waals surface area contributed by atoms with E-state index in [0.29, 0.717) is 17.7 Å². The number of phenolic OH excluding ortho intramolecular Hbond substituents is 1. The van der Waals surface area contributed by atoms with Crippen molar-refractivity contribution in [2.75, 3.05) is 26.8 Å². The lowest BCUT2D eigenvalue weighted by atomic mass is 9.54. The SMILES string of the molecule is COc1cc(O)c2c(c1)[C@]13CCN(CC4CC4)[C@H](C2)[C@@H]1CC(C)(C)OC3.Cl. The van der Waals surface area contributed by atoms with Gasteiger partial charge in [0.25, 0.3) is 0 Å². The fourth-order valence-corrected chi connectivity index (χ4v) is 5.90. The average molecular weight is 394 g/mol. The molecular weight excluding hydrogens is 362 g/mol. The smallest absolute Gasteiger partial charge is 0.122 e. The lowest BCUT2D eigenvalue weighted by molar-refractivity contribution is -0.156. The normalized spacial score (nSPS) is 34.2. The maximum atomic E-state index is 10.8. The minimum atomic E-state index is -0.0621. The van der Waals surface area contributed by atoms with Crippen LogP contribution in [0.25, 0.3) is 0 Å². The molecule has 4 nitrogen and oxygen atoms in total. The van der Waals surface area contributed by atoms with Gasteiger partial charge in [0.05, 0.1) is 19.3 Å². The second-order valence-electron chi connectivity index (χ2n) is 9.65. The zero-order chi connectivity index (χ0) is 18.1. The molecule has 4 aliphatic rings. The van der Waals surface area contributed by atoms with Gasteiger partial charge < -0.3 is 14.6 Å². The molecule has 3 atom stereocenters. The molecule has 0 spiro atoms. The summed E-state index contributed by atoms with van der Waals surface area (Å²) in [5, 5.41) is 10.8. The molecule has 150 valence electrons. The Balaban J connectivity index is 0.00000180. The summed E-state index contributed by atoms with van der Waals surface area (Å²) in [7, 11) is 1.68. The standard InChI is InChI=1S/C22H31NO3.ClH/c1-21(2)11-18-19-10-16-17(8-15(25-3)9-20(16)24)22(18,13-26-21)6-7-23(19)12-14-4-5-14;/h8-9,14,18-19,24H,4-7,10-13H2,1-3H3;1H/t18-,19+,22+;/m0./s1. The highest BCUT2D eigenvalue weighted by atomic mass is 35.5. The number of halogens is 1. The number of hydrogen-bond acceptors (Lipinski definition) is 4. The Labute approximate surface area is 168 Å². The number of piperidine rings is 1. The summed E-state index contributed by atoms with van der Waals surface area (Å²) in [6, 6.07) is 4.49. The van der Waals surface area contributed by atoms with E-state index in [1.165, 1.54) is 24.9 Å². The van der Waals surface area contributed by atoms with Crippen molar-refractivity contribution in [2.45, 2.75) is 63.0 Å². The van der Waals surface area contributed by atoms with Crippen LogP contribution in [0.2, 0.25) is 0 Å². The zero-order valence-corrected chi connectivity index (χ0v) is 17.5. The van der Waals surface area contributed by atoms with Gasteiger partial charge in [-0.05, 0) is 81.5 Å².